The maximum atomic E-state index is 2.50. The normalized spacial score (nSPS) is 24.6. The molecule has 90 valence electrons. The monoisotopic (exact) mass is 266 g/mol. The van der Waals surface area contributed by atoms with Gasteiger partial charge in [0.25, 0.3) is 0 Å². The van der Waals surface area contributed by atoms with Gasteiger partial charge in [0.1, 0.15) is 0 Å². The zero-order chi connectivity index (χ0) is 11.5. The molecule has 0 saturated carbocycles. The van der Waals surface area contributed by atoms with Gasteiger partial charge < -0.3 is 0 Å². The highest BCUT2D eigenvalue weighted by Crippen LogP contribution is 3.07. The molecule has 0 aromatic rings. The summed E-state index contributed by atoms with van der Waals surface area (Å²) in [6, 6.07) is 0. The van der Waals surface area contributed by atoms with Crippen LogP contribution in [0.2, 0.25) is 0 Å². The van der Waals surface area contributed by atoms with Crippen molar-refractivity contribution in [3.63, 3.8) is 0 Å². The molecule has 0 radical (unpaired) electrons. The van der Waals surface area contributed by atoms with Gasteiger partial charge in [0.15, 0.2) is 0 Å². The van der Waals surface area contributed by atoms with Crippen molar-refractivity contribution in [2.75, 3.05) is 43.1 Å². The summed E-state index contributed by atoms with van der Waals surface area (Å²) in [5, 5.41) is 0. The molecule has 1 aliphatic heterocycles. The van der Waals surface area contributed by atoms with Crippen LogP contribution < -0.4 is 0 Å². The van der Waals surface area contributed by atoms with Crippen LogP contribution in [-0.2, 0) is 0 Å². The SMILES string of the molecule is CCP1[P+](CC)(CC)CC[P+]1(CC)CC. The summed E-state index contributed by atoms with van der Waals surface area (Å²) < 4.78 is 0. The van der Waals surface area contributed by atoms with Crippen molar-refractivity contribution in [3.8, 4) is 0 Å². The van der Waals surface area contributed by atoms with E-state index in [1.54, 1.807) is 43.1 Å². The fourth-order valence-corrected chi connectivity index (χ4v) is 38.6. The van der Waals surface area contributed by atoms with Crippen molar-refractivity contribution < 1.29 is 0 Å². The molecule has 1 saturated heterocycles. The van der Waals surface area contributed by atoms with Crippen LogP contribution in [0.15, 0.2) is 0 Å². The molecule has 0 aliphatic carbocycles. The maximum absolute atomic E-state index is 2.50. The largest absolute Gasteiger partial charge is 0.208 e. The molecule has 0 atom stereocenters. The first-order chi connectivity index (χ1) is 7.14. The molecule has 0 nitrogen and oxygen atoms in total. The lowest BCUT2D eigenvalue weighted by Gasteiger charge is -2.29. The van der Waals surface area contributed by atoms with Gasteiger partial charge in [-0.2, -0.15) is 0 Å². The highest BCUT2D eigenvalue weighted by atomic mass is 32.5. The first kappa shape index (κ1) is 14.4. The molecule has 1 aliphatic rings. The minimum Gasteiger partial charge on any atom is -0.0545 e. The van der Waals surface area contributed by atoms with Gasteiger partial charge in [-0.3, -0.25) is 0 Å². The van der Waals surface area contributed by atoms with Crippen molar-refractivity contribution in [2.24, 2.45) is 0 Å². The molecule has 0 bridgehead atoms. The van der Waals surface area contributed by atoms with Crippen LogP contribution in [-0.4, -0.2) is 43.1 Å². The van der Waals surface area contributed by atoms with Crippen molar-refractivity contribution in [1.82, 2.24) is 0 Å². The molecule has 0 N–H and O–H groups in total. The van der Waals surface area contributed by atoms with Crippen LogP contribution >= 0.6 is 21.2 Å². The number of hydrogen-bond acceptors (Lipinski definition) is 0. The summed E-state index contributed by atoms with van der Waals surface area (Å²) in [6.07, 6.45) is 11.1. The average Bonchev–Trinajstić information content (AvgIpc) is 2.63. The van der Waals surface area contributed by atoms with Crippen LogP contribution in [0.25, 0.3) is 0 Å². The van der Waals surface area contributed by atoms with E-state index in [9.17, 15) is 0 Å². The Hall–Kier alpha value is 1.29. The fraction of sp³-hybridized carbons (Fsp3) is 1.00. The predicted molar refractivity (Wildman–Crippen MR) is 83.2 cm³/mol. The summed E-state index contributed by atoms with van der Waals surface area (Å²) in [5.41, 5.74) is 0. The first-order valence-electron chi connectivity index (χ1n) is 6.65. The van der Waals surface area contributed by atoms with E-state index >= 15 is 0 Å². The topological polar surface area (TPSA) is 0 Å². The molecule has 1 rings (SSSR count). The third kappa shape index (κ3) is 2.30. The summed E-state index contributed by atoms with van der Waals surface area (Å²) in [7, 11) is 0.484. The highest BCUT2D eigenvalue weighted by molar-refractivity contribution is 8.71. The van der Waals surface area contributed by atoms with Crippen LogP contribution in [0.4, 0.5) is 0 Å². The summed E-state index contributed by atoms with van der Waals surface area (Å²) in [6.45, 7) is 11.6. The molecule has 0 aromatic carbocycles. The van der Waals surface area contributed by atoms with Crippen molar-refractivity contribution in [3.05, 3.63) is 0 Å². The Morgan fingerprint density at radius 2 is 1.07 bits per heavy atom. The maximum Gasteiger partial charge on any atom is 0.208 e. The lowest BCUT2D eigenvalue weighted by Crippen LogP contribution is -1.98. The summed E-state index contributed by atoms with van der Waals surface area (Å²) in [5.74, 6) is 0. The van der Waals surface area contributed by atoms with Gasteiger partial charge in [0, 0.05) is 6.16 Å². The lowest BCUT2D eigenvalue weighted by atomic mass is 10.9. The Bertz CT molecular complexity index is 175. The zero-order valence-corrected chi connectivity index (χ0v) is 14.0. The van der Waals surface area contributed by atoms with Gasteiger partial charge in [-0.15, -0.1) is 0 Å². The molecule has 1 fully saturated rings. The van der Waals surface area contributed by atoms with E-state index in [2.05, 4.69) is 34.6 Å². The third-order valence-electron chi connectivity index (χ3n) is 4.55. The molecule has 15 heavy (non-hydrogen) atoms. The van der Waals surface area contributed by atoms with Crippen molar-refractivity contribution in [2.45, 2.75) is 34.6 Å². The van der Waals surface area contributed by atoms with Crippen LogP contribution in [0.5, 0.6) is 0 Å². The predicted octanol–water partition coefficient (Wildman–Crippen LogP) is 5.45. The van der Waals surface area contributed by atoms with Crippen molar-refractivity contribution >= 4 is 21.2 Å². The fourth-order valence-electron chi connectivity index (χ4n) is 3.34. The van der Waals surface area contributed by atoms with Gasteiger partial charge >= 0.3 is 0 Å². The zero-order valence-electron chi connectivity index (χ0n) is 11.3. The van der Waals surface area contributed by atoms with E-state index in [0.29, 0.717) is 7.30 Å². The second-order valence-electron chi connectivity index (χ2n) is 4.59. The second kappa shape index (κ2) is 5.76. The molecule has 0 spiro atoms. The average molecular weight is 266 g/mol. The van der Waals surface area contributed by atoms with E-state index in [0.717, 1.165) is 0 Å². The van der Waals surface area contributed by atoms with Crippen LogP contribution in [0.1, 0.15) is 34.6 Å². The molecular weight excluding hydrogens is 237 g/mol. The molecule has 0 unspecified atom stereocenters. The smallest absolute Gasteiger partial charge is 0.0545 e. The summed E-state index contributed by atoms with van der Waals surface area (Å²) in [4.78, 5) is 0. The van der Waals surface area contributed by atoms with Gasteiger partial charge in [-0.05, 0) is 27.7 Å². The summed E-state index contributed by atoms with van der Waals surface area (Å²) >= 11 is 0. The van der Waals surface area contributed by atoms with E-state index < -0.39 is 13.9 Å². The van der Waals surface area contributed by atoms with Gasteiger partial charge in [-0.1, -0.05) is 6.92 Å². The van der Waals surface area contributed by atoms with E-state index in [1.165, 1.54) is 0 Å². The second-order valence-corrected chi connectivity index (χ2v) is 22.7. The van der Waals surface area contributed by atoms with Crippen molar-refractivity contribution in [1.29, 1.82) is 0 Å². The van der Waals surface area contributed by atoms with E-state index in [4.69, 9.17) is 0 Å². The Morgan fingerprint density at radius 3 is 1.27 bits per heavy atom. The molecule has 3 heteroatoms. The third-order valence-corrected chi connectivity index (χ3v) is 33.2. The molecular formula is C12H29P3+2. The minimum absolute atomic E-state index is 0.459. The Morgan fingerprint density at radius 1 is 0.733 bits per heavy atom. The Balaban J connectivity index is 2.98. The van der Waals surface area contributed by atoms with Crippen LogP contribution in [0.3, 0.4) is 0 Å². The quantitative estimate of drug-likeness (QED) is 0.581. The van der Waals surface area contributed by atoms with E-state index in [-0.39, 0.29) is 0 Å². The van der Waals surface area contributed by atoms with Gasteiger partial charge in [0.2, 0.25) is 7.30 Å². The van der Waals surface area contributed by atoms with Crippen LogP contribution in [0, 0.1) is 0 Å². The highest BCUT2D eigenvalue weighted by Gasteiger charge is 2.65. The van der Waals surface area contributed by atoms with E-state index in [1.807, 2.05) is 0 Å². The lowest BCUT2D eigenvalue weighted by molar-refractivity contribution is 1.31. The number of hydrogen-bond donors (Lipinski definition) is 0. The standard InChI is InChI=1S/C12H29P3/c1-6-13-14(7-2,8-3)11-12-15(13,9-4)10-5/h6-12H2,1-5H3/q+2. The first-order valence-corrected chi connectivity index (χ1v) is 14.3. The minimum atomic E-state index is -0.459. The Labute approximate surface area is 99.2 Å². The van der Waals surface area contributed by atoms with Gasteiger partial charge in [0.05, 0.1) is 50.9 Å². The van der Waals surface area contributed by atoms with Gasteiger partial charge in [-0.25, -0.2) is 0 Å². The Kier molecular flexibility index (Phi) is 5.51. The number of rotatable bonds is 5. The molecule has 0 aromatic heterocycles. The molecule has 0 amide bonds. The molecule has 1 heterocycles.